The highest BCUT2D eigenvalue weighted by Crippen LogP contribution is 2.18. The average molecular weight is 314 g/mol. The molecule has 1 aromatic rings. The molecule has 0 spiro atoms. The van der Waals surface area contributed by atoms with Crippen LogP contribution in [0.3, 0.4) is 0 Å². The van der Waals surface area contributed by atoms with E-state index in [2.05, 4.69) is 10.6 Å². The number of halogens is 1. The van der Waals surface area contributed by atoms with E-state index in [1.165, 1.54) is 0 Å². The number of carbonyl (C=O) groups excluding carboxylic acids is 2. The number of nitrogens with two attached hydrogens (primary N) is 1. The SMILES string of the molecule is Cl.NCCOc1ccc(NC(=O)C2CCC(=O)NC2)cc1. The maximum atomic E-state index is 12.0. The smallest absolute Gasteiger partial charge is 0.229 e. The van der Waals surface area contributed by atoms with E-state index in [0.717, 1.165) is 5.75 Å². The van der Waals surface area contributed by atoms with E-state index >= 15 is 0 Å². The molecule has 4 N–H and O–H groups in total. The molecule has 1 aliphatic heterocycles. The van der Waals surface area contributed by atoms with Crippen molar-refractivity contribution < 1.29 is 14.3 Å². The Morgan fingerprint density at radius 2 is 2.10 bits per heavy atom. The van der Waals surface area contributed by atoms with Gasteiger partial charge in [-0.2, -0.15) is 0 Å². The highest BCUT2D eigenvalue weighted by atomic mass is 35.5. The monoisotopic (exact) mass is 313 g/mol. The fourth-order valence-corrected chi connectivity index (χ4v) is 2.01. The quantitative estimate of drug-likeness (QED) is 0.753. The molecule has 21 heavy (non-hydrogen) atoms. The number of nitrogens with one attached hydrogen (secondary N) is 2. The molecule has 1 atom stereocenters. The minimum absolute atomic E-state index is 0. The lowest BCUT2D eigenvalue weighted by atomic mass is 9.98. The fourth-order valence-electron chi connectivity index (χ4n) is 2.01. The van der Waals surface area contributed by atoms with Gasteiger partial charge in [-0.3, -0.25) is 9.59 Å². The van der Waals surface area contributed by atoms with E-state index in [0.29, 0.717) is 38.2 Å². The van der Waals surface area contributed by atoms with Gasteiger partial charge in [-0.25, -0.2) is 0 Å². The van der Waals surface area contributed by atoms with Gasteiger partial charge in [-0.15, -0.1) is 12.4 Å². The van der Waals surface area contributed by atoms with Gasteiger partial charge in [0.2, 0.25) is 11.8 Å². The summed E-state index contributed by atoms with van der Waals surface area (Å²) in [6.07, 6.45) is 0.999. The summed E-state index contributed by atoms with van der Waals surface area (Å²) in [4.78, 5) is 23.1. The number of ether oxygens (including phenoxy) is 1. The highest BCUT2D eigenvalue weighted by molar-refractivity contribution is 5.94. The second kappa shape index (κ2) is 8.49. The Balaban J connectivity index is 0.00000220. The Labute approximate surface area is 129 Å². The second-order valence-corrected chi connectivity index (χ2v) is 4.69. The van der Waals surface area contributed by atoms with Gasteiger partial charge in [-0.1, -0.05) is 0 Å². The van der Waals surface area contributed by atoms with Crippen molar-refractivity contribution >= 4 is 29.9 Å². The zero-order valence-electron chi connectivity index (χ0n) is 11.6. The number of benzene rings is 1. The maximum absolute atomic E-state index is 12.0. The van der Waals surface area contributed by atoms with Crippen LogP contribution in [0.1, 0.15) is 12.8 Å². The van der Waals surface area contributed by atoms with Crippen molar-refractivity contribution in [2.45, 2.75) is 12.8 Å². The molecule has 0 aromatic heterocycles. The lowest BCUT2D eigenvalue weighted by molar-refractivity contribution is -0.126. The largest absolute Gasteiger partial charge is 0.492 e. The van der Waals surface area contributed by atoms with Crippen molar-refractivity contribution in [2.24, 2.45) is 11.7 Å². The van der Waals surface area contributed by atoms with Crippen LogP contribution in [-0.2, 0) is 9.59 Å². The van der Waals surface area contributed by atoms with Crippen molar-refractivity contribution in [1.29, 1.82) is 0 Å². The predicted octanol–water partition coefficient (Wildman–Crippen LogP) is 0.911. The van der Waals surface area contributed by atoms with Crippen LogP contribution >= 0.6 is 12.4 Å². The van der Waals surface area contributed by atoms with Crippen LogP contribution < -0.4 is 21.1 Å². The number of piperidine rings is 1. The molecule has 0 radical (unpaired) electrons. The van der Waals surface area contributed by atoms with Crippen LogP contribution in [-0.4, -0.2) is 31.5 Å². The van der Waals surface area contributed by atoms with Crippen molar-refractivity contribution in [3.8, 4) is 5.75 Å². The van der Waals surface area contributed by atoms with Gasteiger partial charge < -0.3 is 21.1 Å². The minimum atomic E-state index is -0.166. The molecule has 7 heteroatoms. The molecule has 2 amide bonds. The molecular formula is C14H20ClN3O3. The maximum Gasteiger partial charge on any atom is 0.229 e. The molecule has 116 valence electrons. The second-order valence-electron chi connectivity index (χ2n) is 4.69. The molecule has 1 aliphatic rings. The van der Waals surface area contributed by atoms with Gasteiger partial charge in [0.15, 0.2) is 0 Å². The summed E-state index contributed by atoms with van der Waals surface area (Å²) in [6.45, 7) is 1.34. The molecule has 1 unspecified atom stereocenters. The van der Waals surface area contributed by atoms with Crippen LogP contribution in [0.2, 0.25) is 0 Å². The van der Waals surface area contributed by atoms with Crippen molar-refractivity contribution in [2.75, 3.05) is 25.0 Å². The van der Waals surface area contributed by atoms with Gasteiger partial charge in [0.05, 0.1) is 5.92 Å². The number of carbonyl (C=O) groups is 2. The molecule has 6 nitrogen and oxygen atoms in total. The molecule has 1 aromatic carbocycles. The molecule has 2 rings (SSSR count). The molecular weight excluding hydrogens is 294 g/mol. The lowest BCUT2D eigenvalue weighted by Gasteiger charge is -2.21. The molecule has 1 saturated heterocycles. The van der Waals surface area contributed by atoms with E-state index in [9.17, 15) is 9.59 Å². The van der Waals surface area contributed by atoms with Gasteiger partial charge in [-0.05, 0) is 30.7 Å². The van der Waals surface area contributed by atoms with Gasteiger partial charge in [0.25, 0.3) is 0 Å². The zero-order valence-corrected chi connectivity index (χ0v) is 12.4. The summed E-state index contributed by atoms with van der Waals surface area (Å²) in [5, 5.41) is 5.54. The standard InChI is InChI=1S/C14H19N3O3.ClH/c15-7-8-20-12-4-2-11(3-5-12)17-14(19)10-1-6-13(18)16-9-10;/h2-5,10H,1,6-9,15H2,(H,16,18)(H,17,19);1H. The number of hydrogen-bond acceptors (Lipinski definition) is 4. The normalized spacial score (nSPS) is 17.4. The fraction of sp³-hybridized carbons (Fsp3) is 0.429. The summed E-state index contributed by atoms with van der Waals surface area (Å²) in [6, 6.07) is 7.14. The lowest BCUT2D eigenvalue weighted by Crippen LogP contribution is -2.40. The minimum Gasteiger partial charge on any atom is -0.492 e. The van der Waals surface area contributed by atoms with Gasteiger partial charge in [0, 0.05) is 25.2 Å². The Hall–Kier alpha value is -1.79. The summed E-state index contributed by atoms with van der Waals surface area (Å²) < 4.78 is 5.36. The van der Waals surface area contributed by atoms with Crippen LogP contribution in [0, 0.1) is 5.92 Å². The van der Waals surface area contributed by atoms with E-state index in [1.807, 2.05) is 0 Å². The first kappa shape index (κ1) is 17.3. The first-order valence-corrected chi connectivity index (χ1v) is 6.69. The Morgan fingerprint density at radius 3 is 2.67 bits per heavy atom. The number of hydrogen-bond donors (Lipinski definition) is 3. The van der Waals surface area contributed by atoms with Crippen LogP contribution in [0.25, 0.3) is 0 Å². The highest BCUT2D eigenvalue weighted by Gasteiger charge is 2.24. The Bertz CT molecular complexity index is 469. The molecule has 1 heterocycles. The van der Waals surface area contributed by atoms with E-state index in [-0.39, 0.29) is 30.1 Å². The number of amides is 2. The zero-order chi connectivity index (χ0) is 14.4. The van der Waals surface area contributed by atoms with Crippen molar-refractivity contribution in [3.63, 3.8) is 0 Å². The molecule has 0 aliphatic carbocycles. The number of anilines is 1. The number of rotatable bonds is 5. The van der Waals surface area contributed by atoms with E-state index in [4.69, 9.17) is 10.5 Å². The average Bonchev–Trinajstić information content (AvgIpc) is 2.47. The summed E-state index contributed by atoms with van der Waals surface area (Å²) in [5.74, 6) is 0.496. The van der Waals surface area contributed by atoms with Crippen LogP contribution in [0.5, 0.6) is 5.75 Å². The topological polar surface area (TPSA) is 93.4 Å². The van der Waals surface area contributed by atoms with Gasteiger partial charge in [0.1, 0.15) is 12.4 Å². The summed E-state index contributed by atoms with van der Waals surface area (Å²) >= 11 is 0. The van der Waals surface area contributed by atoms with Crippen LogP contribution in [0.15, 0.2) is 24.3 Å². The predicted molar refractivity (Wildman–Crippen MR) is 82.6 cm³/mol. The van der Waals surface area contributed by atoms with E-state index in [1.54, 1.807) is 24.3 Å². The Morgan fingerprint density at radius 1 is 1.38 bits per heavy atom. The molecule has 1 fully saturated rings. The first-order chi connectivity index (χ1) is 9.69. The summed E-state index contributed by atoms with van der Waals surface area (Å²) in [5.41, 5.74) is 6.07. The molecule has 0 saturated carbocycles. The van der Waals surface area contributed by atoms with Crippen molar-refractivity contribution in [3.05, 3.63) is 24.3 Å². The third kappa shape index (κ3) is 5.24. The third-order valence-corrected chi connectivity index (χ3v) is 3.14. The van der Waals surface area contributed by atoms with Crippen molar-refractivity contribution in [1.82, 2.24) is 5.32 Å². The summed E-state index contributed by atoms with van der Waals surface area (Å²) in [7, 11) is 0. The third-order valence-electron chi connectivity index (χ3n) is 3.14. The van der Waals surface area contributed by atoms with E-state index < -0.39 is 0 Å². The van der Waals surface area contributed by atoms with Crippen LogP contribution in [0.4, 0.5) is 5.69 Å². The Kier molecular flexibility index (Phi) is 6.98. The van der Waals surface area contributed by atoms with Gasteiger partial charge >= 0.3 is 0 Å². The first-order valence-electron chi connectivity index (χ1n) is 6.69. The molecule has 0 bridgehead atoms.